The Morgan fingerprint density at radius 2 is 2.13 bits per heavy atom. The Morgan fingerprint density at radius 1 is 1.37 bits per heavy atom. The molecule has 9 heteroatoms. The van der Waals surface area contributed by atoms with Gasteiger partial charge in [0.1, 0.15) is 5.82 Å². The summed E-state index contributed by atoms with van der Waals surface area (Å²) in [6.45, 7) is 1.83. The number of benzene rings is 1. The van der Waals surface area contributed by atoms with Crippen molar-refractivity contribution in [3.63, 3.8) is 0 Å². The van der Waals surface area contributed by atoms with Gasteiger partial charge in [0, 0.05) is 44.6 Å². The summed E-state index contributed by atoms with van der Waals surface area (Å²) < 4.78 is 0.876. The van der Waals surface area contributed by atoms with E-state index in [1.165, 1.54) is 23.5 Å². The number of anilines is 1. The van der Waals surface area contributed by atoms with Gasteiger partial charge in [-0.15, -0.1) is 11.3 Å². The highest BCUT2D eigenvalue weighted by atomic mass is 79.9. The number of ketones is 1. The van der Waals surface area contributed by atoms with Crippen LogP contribution in [-0.4, -0.2) is 10.7 Å². The highest BCUT2D eigenvalue weighted by Crippen LogP contribution is 2.48. The van der Waals surface area contributed by atoms with Crippen molar-refractivity contribution in [2.24, 2.45) is 5.73 Å². The minimum absolute atomic E-state index is 0.0147. The molecule has 1 unspecified atom stereocenters. The van der Waals surface area contributed by atoms with Crippen LogP contribution in [0.2, 0.25) is 0 Å². The summed E-state index contributed by atoms with van der Waals surface area (Å²) in [4.78, 5) is 26.5. The zero-order valence-corrected chi connectivity index (χ0v) is 18.4. The number of allylic oxidation sites excluding steroid dienone is 3. The second-order valence-corrected chi connectivity index (χ2v) is 9.07. The van der Waals surface area contributed by atoms with E-state index in [2.05, 4.69) is 22.0 Å². The predicted octanol–water partition coefficient (Wildman–Crippen LogP) is 5.03. The number of rotatable bonds is 3. The van der Waals surface area contributed by atoms with Crippen LogP contribution in [0.1, 0.15) is 35.6 Å². The van der Waals surface area contributed by atoms with Crippen molar-refractivity contribution in [1.82, 2.24) is 0 Å². The first-order valence-electron chi connectivity index (χ1n) is 9.28. The molecule has 1 atom stereocenters. The number of non-ortho nitro benzene ring substituents is 1. The molecule has 30 heavy (non-hydrogen) atoms. The van der Waals surface area contributed by atoms with Gasteiger partial charge in [0.2, 0.25) is 0 Å². The van der Waals surface area contributed by atoms with Crippen LogP contribution in [0.15, 0.2) is 56.8 Å². The maximum atomic E-state index is 13.1. The minimum atomic E-state index is -0.524. The number of hydrogen-bond donors (Lipinski definition) is 1. The average molecular weight is 485 g/mol. The standard InChI is InChI=1S/C21H17BrN4O3S/c1-11-5-6-13(26(28)29)8-16(11)25-15-3-2-4-17(27)20(15)19(14(9-23)21(25)24)18-7-12(22)10-30-18/h5-8,10,19H,2-4,24H2,1H3. The molecule has 2 aromatic rings. The van der Waals surface area contributed by atoms with E-state index in [0.717, 1.165) is 20.6 Å². The Balaban J connectivity index is 1.99. The van der Waals surface area contributed by atoms with Gasteiger partial charge < -0.3 is 5.73 Å². The lowest BCUT2D eigenvalue weighted by atomic mass is 9.78. The first-order valence-corrected chi connectivity index (χ1v) is 11.0. The SMILES string of the molecule is Cc1ccc([N+](=O)[O-])cc1N1C(N)=C(C#N)C(c2cc(Br)cs2)C2=C1CCCC2=O. The third kappa shape index (κ3) is 3.22. The number of nitriles is 1. The van der Waals surface area contributed by atoms with Crippen LogP contribution in [0.5, 0.6) is 0 Å². The molecule has 1 aliphatic heterocycles. The van der Waals surface area contributed by atoms with Crippen LogP contribution < -0.4 is 10.6 Å². The predicted molar refractivity (Wildman–Crippen MR) is 118 cm³/mol. The lowest BCUT2D eigenvalue weighted by molar-refractivity contribution is -0.384. The first-order chi connectivity index (χ1) is 14.3. The number of carbonyl (C=O) groups is 1. The Morgan fingerprint density at radius 3 is 2.77 bits per heavy atom. The molecule has 7 nitrogen and oxygen atoms in total. The van der Waals surface area contributed by atoms with Gasteiger partial charge >= 0.3 is 0 Å². The fraction of sp³-hybridized carbons (Fsp3) is 0.238. The van der Waals surface area contributed by atoms with Crippen LogP contribution >= 0.6 is 27.3 Å². The summed E-state index contributed by atoms with van der Waals surface area (Å²) in [6, 6.07) is 8.64. The molecule has 152 valence electrons. The van der Waals surface area contributed by atoms with E-state index in [1.807, 2.05) is 18.4 Å². The molecule has 2 heterocycles. The van der Waals surface area contributed by atoms with Gasteiger partial charge in [-0.3, -0.25) is 19.8 Å². The fourth-order valence-electron chi connectivity index (χ4n) is 4.08. The van der Waals surface area contributed by atoms with Crippen molar-refractivity contribution < 1.29 is 9.72 Å². The van der Waals surface area contributed by atoms with Gasteiger partial charge in [-0.25, -0.2) is 0 Å². The molecule has 0 amide bonds. The number of aryl methyl sites for hydroxylation is 1. The number of nitro benzene ring substituents is 1. The Bertz CT molecular complexity index is 1190. The smallest absolute Gasteiger partial charge is 0.271 e. The van der Waals surface area contributed by atoms with Crippen LogP contribution in [0.4, 0.5) is 11.4 Å². The molecular weight excluding hydrogens is 468 g/mol. The van der Waals surface area contributed by atoms with E-state index in [9.17, 15) is 20.2 Å². The van der Waals surface area contributed by atoms with Gasteiger partial charge in [0.25, 0.3) is 5.69 Å². The van der Waals surface area contributed by atoms with Gasteiger partial charge in [-0.05, 0) is 47.3 Å². The van der Waals surface area contributed by atoms with Crippen molar-refractivity contribution >= 4 is 44.4 Å². The van der Waals surface area contributed by atoms with Crippen molar-refractivity contribution in [2.45, 2.75) is 32.1 Å². The number of hydrogen-bond acceptors (Lipinski definition) is 7. The van der Waals surface area contributed by atoms with Crippen LogP contribution in [0, 0.1) is 28.4 Å². The van der Waals surface area contributed by atoms with Crippen molar-refractivity contribution in [3.8, 4) is 6.07 Å². The largest absolute Gasteiger partial charge is 0.384 e. The molecule has 1 aromatic heterocycles. The maximum absolute atomic E-state index is 13.1. The molecule has 4 rings (SSSR count). The minimum Gasteiger partial charge on any atom is -0.384 e. The van der Waals surface area contributed by atoms with E-state index in [4.69, 9.17) is 5.73 Å². The molecule has 0 saturated carbocycles. The summed E-state index contributed by atoms with van der Waals surface area (Å²) in [7, 11) is 0. The highest BCUT2D eigenvalue weighted by Gasteiger charge is 2.41. The van der Waals surface area contributed by atoms with Gasteiger partial charge in [0.05, 0.1) is 28.2 Å². The zero-order valence-electron chi connectivity index (χ0n) is 16.0. The normalized spacial score (nSPS) is 19.0. The third-order valence-corrected chi connectivity index (χ3v) is 7.19. The number of thiophene rings is 1. The quantitative estimate of drug-likeness (QED) is 0.482. The van der Waals surface area contributed by atoms with E-state index in [-0.39, 0.29) is 22.9 Å². The zero-order chi connectivity index (χ0) is 21.6. The summed E-state index contributed by atoms with van der Waals surface area (Å²) in [5, 5.41) is 23.2. The molecule has 0 spiro atoms. The molecule has 2 aliphatic rings. The van der Waals surface area contributed by atoms with Crippen molar-refractivity contribution in [3.05, 3.63) is 77.3 Å². The molecule has 1 aromatic carbocycles. The lowest BCUT2D eigenvalue weighted by Crippen LogP contribution is -2.38. The number of nitrogens with two attached hydrogens (primary N) is 1. The van der Waals surface area contributed by atoms with Gasteiger partial charge in [0.15, 0.2) is 5.78 Å². The van der Waals surface area contributed by atoms with Crippen molar-refractivity contribution in [1.29, 1.82) is 5.26 Å². The molecule has 0 radical (unpaired) electrons. The number of carbonyl (C=O) groups excluding carboxylic acids is 1. The van der Waals surface area contributed by atoms with Gasteiger partial charge in [-0.2, -0.15) is 5.26 Å². The average Bonchev–Trinajstić information content (AvgIpc) is 3.14. The van der Waals surface area contributed by atoms with Crippen LogP contribution in [0.25, 0.3) is 0 Å². The second-order valence-electron chi connectivity index (χ2n) is 7.21. The highest BCUT2D eigenvalue weighted by molar-refractivity contribution is 9.10. The second kappa shape index (κ2) is 7.70. The van der Waals surface area contributed by atoms with Crippen LogP contribution in [0.3, 0.4) is 0 Å². The lowest BCUT2D eigenvalue weighted by Gasteiger charge is -2.39. The molecule has 2 N–H and O–H groups in total. The summed E-state index contributed by atoms with van der Waals surface area (Å²) in [5.74, 6) is -0.326. The summed E-state index contributed by atoms with van der Waals surface area (Å²) in [6.07, 6.45) is 1.67. The fourth-order valence-corrected chi connectivity index (χ4v) is 5.64. The molecule has 1 aliphatic carbocycles. The Labute approximate surface area is 185 Å². The van der Waals surface area contributed by atoms with E-state index >= 15 is 0 Å². The number of nitro groups is 1. The van der Waals surface area contributed by atoms with Gasteiger partial charge in [-0.1, -0.05) is 6.07 Å². The number of halogens is 1. The monoisotopic (exact) mass is 484 g/mol. The molecule has 0 fully saturated rings. The Kier molecular flexibility index (Phi) is 5.22. The number of Topliss-reactive ketones (excluding diaryl/α,β-unsaturated/α-hetero) is 1. The van der Waals surface area contributed by atoms with Crippen molar-refractivity contribution in [2.75, 3.05) is 4.90 Å². The summed E-state index contributed by atoms with van der Waals surface area (Å²) in [5.41, 5.74) is 9.28. The van der Waals surface area contributed by atoms with Crippen LogP contribution in [-0.2, 0) is 4.79 Å². The molecule has 0 saturated heterocycles. The maximum Gasteiger partial charge on any atom is 0.271 e. The summed E-state index contributed by atoms with van der Waals surface area (Å²) >= 11 is 4.90. The van der Waals surface area contributed by atoms with E-state index < -0.39 is 10.8 Å². The van der Waals surface area contributed by atoms with E-state index in [0.29, 0.717) is 30.5 Å². The number of nitrogens with zero attached hydrogens (tertiary/aromatic N) is 3. The molecule has 0 bridgehead atoms. The topological polar surface area (TPSA) is 113 Å². The Hall–Kier alpha value is -2.96. The third-order valence-electron chi connectivity index (χ3n) is 5.43. The van der Waals surface area contributed by atoms with E-state index in [1.54, 1.807) is 11.0 Å². The first kappa shape index (κ1) is 20.3. The molecular formula is C21H17BrN4O3S.